The van der Waals surface area contributed by atoms with Crippen molar-refractivity contribution in [3.8, 4) is 0 Å². The van der Waals surface area contributed by atoms with E-state index < -0.39 is 58.0 Å². The molecule has 0 radical (unpaired) electrons. The van der Waals surface area contributed by atoms with Crippen molar-refractivity contribution in [3.63, 3.8) is 0 Å². The number of ether oxygens (including phenoxy) is 2. The molecule has 1 aliphatic rings. The lowest BCUT2D eigenvalue weighted by Crippen LogP contribution is -2.61. The van der Waals surface area contributed by atoms with Gasteiger partial charge in [-0.1, -0.05) is 48.7 Å². The number of esters is 1. The summed E-state index contributed by atoms with van der Waals surface area (Å²) in [6.45, 7) is 10.2. The minimum atomic E-state index is -1.74. The zero-order valence-electron chi connectivity index (χ0n) is 20.6. The third-order valence-corrected chi connectivity index (χ3v) is 5.17. The van der Waals surface area contributed by atoms with Crippen LogP contribution in [0.15, 0.2) is 0 Å². The standard InChI is InChI=1S/C21H35Cl3N4O6/c1-12(2)15(27(7)19(32)34-20(4,5)6)16(29)25-13(3)17(30)28-10-8-9-14(26-28)18(31)33-11-21(22,23)24/h12-15,26H,8-11H2,1-7H3,(H,25,29). The minimum Gasteiger partial charge on any atom is -0.460 e. The highest BCUT2D eigenvalue weighted by Gasteiger charge is 2.36. The number of rotatable bonds is 7. The Hall–Kier alpha value is -1.49. The molecule has 1 saturated heterocycles. The second kappa shape index (κ2) is 12.5. The Morgan fingerprint density at radius 3 is 2.24 bits per heavy atom. The maximum absolute atomic E-state index is 13.0. The molecule has 13 heteroatoms. The van der Waals surface area contributed by atoms with E-state index in [0.717, 1.165) is 0 Å². The van der Waals surface area contributed by atoms with Gasteiger partial charge in [0.2, 0.25) is 9.70 Å². The number of hydrazine groups is 1. The molecule has 0 aromatic carbocycles. The average Bonchev–Trinajstić information content (AvgIpc) is 2.69. The Morgan fingerprint density at radius 2 is 1.74 bits per heavy atom. The number of hydrogen-bond acceptors (Lipinski definition) is 7. The Labute approximate surface area is 215 Å². The van der Waals surface area contributed by atoms with Crippen molar-refractivity contribution in [1.82, 2.24) is 20.7 Å². The van der Waals surface area contributed by atoms with Crippen molar-refractivity contribution in [2.45, 2.75) is 81.9 Å². The second-order valence-corrected chi connectivity index (χ2v) is 12.1. The van der Waals surface area contributed by atoms with Crippen molar-refractivity contribution < 1.29 is 28.7 Å². The number of nitrogens with zero attached hydrogens (tertiary/aromatic N) is 2. The van der Waals surface area contributed by atoms with Crippen LogP contribution in [0.5, 0.6) is 0 Å². The van der Waals surface area contributed by atoms with E-state index in [9.17, 15) is 19.2 Å². The summed E-state index contributed by atoms with van der Waals surface area (Å²) in [6.07, 6.45) is 0.316. The van der Waals surface area contributed by atoms with Crippen LogP contribution in [0.4, 0.5) is 4.79 Å². The van der Waals surface area contributed by atoms with Crippen LogP contribution in [0.2, 0.25) is 0 Å². The number of amides is 3. The Morgan fingerprint density at radius 1 is 1.15 bits per heavy atom. The Kier molecular flexibility index (Phi) is 11.2. The molecule has 3 unspecified atom stereocenters. The SMILES string of the molecule is CC(NC(=O)C(C(C)C)N(C)C(=O)OC(C)(C)C)C(=O)N1CCCC(C(=O)OCC(Cl)(Cl)Cl)N1. The highest BCUT2D eigenvalue weighted by Crippen LogP contribution is 2.26. The second-order valence-electron chi connectivity index (χ2n) is 9.55. The summed E-state index contributed by atoms with van der Waals surface area (Å²) in [5.41, 5.74) is 2.09. The molecule has 0 bridgehead atoms. The molecule has 1 rings (SSSR count). The fourth-order valence-electron chi connectivity index (χ4n) is 3.34. The Balaban J connectivity index is 2.78. The van der Waals surface area contributed by atoms with Crippen LogP contribution in [0.3, 0.4) is 0 Å². The van der Waals surface area contributed by atoms with Crippen LogP contribution < -0.4 is 10.7 Å². The van der Waals surface area contributed by atoms with E-state index >= 15 is 0 Å². The van der Waals surface area contributed by atoms with Gasteiger partial charge in [0.15, 0.2) is 0 Å². The minimum absolute atomic E-state index is 0.245. The van der Waals surface area contributed by atoms with Gasteiger partial charge in [-0.2, -0.15) is 0 Å². The van der Waals surface area contributed by atoms with Gasteiger partial charge in [0.05, 0.1) is 0 Å². The molecule has 1 aliphatic heterocycles. The maximum atomic E-state index is 13.0. The first kappa shape index (κ1) is 30.5. The van der Waals surface area contributed by atoms with Crippen LogP contribution >= 0.6 is 34.8 Å². The van der Waals surface area contributed by atoms with Gasteiger partial charge in [-0.3, -0.25) is 24.3 Å². The molecule has 0 saturated carbocycles. The third kappa shape index (κ3) is 10.0. The summed E-state index contributed by atoms with van der Waals surface area (Å²) in [5.74, 6) is -1.85. The van der Waals surface area contributed by atoms with Crippen molar-refractivity contribution in [1.29, 1.82) is 0 Å². The first-order valence-electron chi connectivity index (χ1n) is 11.0. The van der Waals surface area contributed by atoms with Gasteiger partial charge in [-0.05, 0) is 46.5 Å². The normalized spacial score (nSPS) is 18.7. The maximum Gasteiger partial charge on any atom is 0.410 e. The topological polar surface area (TPSA) is 117 Å². The number of carbonyl (C=O) groups is 4. The summed E-state index contributed by atoms with van der Waals surface area (Å²) in [4.78, 5) is 51.8. The number of likely N-dealkylation sites (N-methyl/N-ethyl adjacent to an activating group) is 1. The van der Waals surface area contributed by atoms with E-state index in [4.69, 9.17) is 44.3 Å². The molecule has 3 atom stereocenters. The fourth-order valence-corrected chi connectivity index (χ4v) is 3.50. The van der Waals surface area contributed by atoms with Crippen LogP contribution in [0.1, 0.15) is 54.4 Å². The van der Waals surface area contributed by atoms with Gasteiger partial charge in [0.25, 0.3) is 5.91 Å². The lowest BCUT2D eigenvalue weighted by Gasteiger charge is -2.35. The summed E-state index contributed by atoms with van der Waals surface area (Å²) < 4.78 is 8.60. The summed E-state index contributed by atoms with van der Waals surface area (Å²) >= 11 is 16.8. The number of alkyl halides is 3. The van der Waals surface area contributed by atoms with E-state index in [1.165, 1.54) is 23.9 Å². The van der Waals surface area contributed by atoms with Crippen LogP contribution in [-0.4, -0.2) is 81.5 Å². The number of nitrogens with one attached hydrogen (secondary N) is 2. The van der Waals surface area contributed by atoms with E-state index in [1.54, 1.807) is 34.6 Å². The smallest absolute Gasteiger partial charge is 0.410 e. The van der Waals surface area contributed by atoms with Gasteiger partial charge < -0.3 is 14.8 Å². The highest BCUT2D eigenvalue weighted by molar-refractivity contribution is 6.67. The molecule has 0 aromatic heterocycles. The molecule has 196 valence electrons. The van der Waals surface area contributed by atoms with Gasteiger partial charge in [-0.25, -0.2) is 10.2 Å². The Bertz CT molecular complexity index is 754. The van der Waals surface area contributed by atoms with Crippen LogP contribution in [-0.2, 0) is 23.9 Å². The first-order chi connectivity index (χ1) is 15.4. The molecule has 1 heterocycles. The van der Waals surface area contributed by atoms with Crippen LogP contribution in [0, 0.1) is 5.92 Å². The molecular formula is C21H35Cl3N4O6. The number of halogens is 3. The zero-order valence-corrected chi connectivity index (χ0v) is 22.9. The van der Waals surface area contributed by atoms with Gasteiger partial charge >= 0.3 is 12.1 Å². The van der Waals surface area contributed by atoms with Crippen molar-refractivity contribution in [2.75, 3.05) is 20.2 Å². The predicted molar refractivity (Wildman–Crippen MR) is 129 cm³/mol. The van der Waals surface area contributed by atoms with Crippen molar-refractivity contribution in [3.05, 3.63) is 0 Å². The summed E-state index contributed by atoms with van der Waals surface area (Å²) in [6, 6.07) is -2.58. The molecule has 1 fully saturated rings. The fraction of sp³-hybridized carbons (Fsp3) is 0.810. The molecule has 3 amide bonds. The monoisotopic (exact) mass is 544 g/mol. The predicted octanol–water partition coefficient (Wildman–Crippen LogP) is 2.79. The zero-order chi connectivity index (χ0) is 26.4. The third-order valence-electron chi connectivity index (χ3n) is 4.84. The largest absolute Gasteiger partial charge is 0.460 e. The van der Waals surface area contributed by atoms with E-state index in [1.807, 2.05) is 0 Å². The molecule has 0 aliphatic carbocycles. The van der Waals surface area contributed by atoms with E-state index in [0.29, 0.717) is 19.4 Å². The first-order valence-corrected chi connectivity index (χ1v) is 12.1. The number of hydrogen-bond donors (Lipinski definition) is 2. The molecule has 34 heavy (non-hydrogen) atoms. The average molecular weight is 546 g/mol. The van der Waals surface area contributed by atoms with Gasteiger partial charge in [-0.15, -0.1) is 0 Å². The lowest BCUT2D eigenvalue weighted by atomic mass is 10.0. The van der Waals surface area contributed by atoms with Crippen molar-refractivity contribution >= 4 is 58.7 Å². The van der Waals surface area contributed by atoms with E-state index in [2.05, 4.69) is 10.7 Å². The molecule has 10 nitrogen and oxygen atoms in total. The summed E-state index contributed by atoms with van der Waals surface area (Å²) in [7, 11) is 1.48. The van der Waals surface area contributed by atoms with Gasteiger partial charge in [0, 0.05) is 13.6 Å². The quantitative estimate of drug-likeness (QED) is 0.373. The van der Waals surface area contributed by atoms with Crippen molar-refractivity contribution in [2.24, 2.45) is 5.92 Å². The van der Waals surface area contributed by atoms with Gasteiger partial charge in [0.1, 0.15) is 30.3 Å². The number of carbonyl (C=O) groups excluding carboxylic acids is 4. The molecule has 0 spiro atoms. The van der Waals surface area contributed by atoms with Crippen LogP contribution in [0.25, 0.3) is 0 Å². The molecule has 2 N–H and O–H groups in total. The highest BCUT2D eigenvalue weighted by atomic mass is 35.6. The molecule has 0 aromatic rings. The lowest BCUT2D eigenvalue weighted by molar-refractivity contribution is -0.153. The molecular weight excluding hydrogens is 511 g/mol. The summed E-state index contributed by atoms with van der Waals surface area (Å²) in [5, 5.41) is 3.92. The van der Waals surface area contributed by atoms with E-state index in [-0.39, 0.29) is 5.92 Å².